The summed E-state index contributed by atoms with van der Waals surface area (Å²) in [6.45, 7) is -0.344. The zero-order valence-electron chi connectivity index (χ0n) is 15.1. The molecule has 1 unspecified atom stereocenters. The van der Waals surface area contributed by atoms with Crippen LogP contribution in [0.15, 0.2) is 24.3 Å². The second kappa shape index (κ2) is 10.7. The number of benzene rings is 2. The van der Waals surface area contributed by atoms with Crippen molar-refractivity contribution in [1.29, 1.82) is 0 Å². The van der Waals surface area contributed by atoms with E-state index < -0.39 is 46.5 Å². The van der Waals surface area contributed by atoms with Crippen molar-refractivity contribution in [2.75, 3.05) is 25.6 Å². The Morgan fingerprint density at radius 2 is 1.90 bits per heavy atom. The van der Waals surface area contributed by atoms with E-state index in [1.807, 2.05) is 28.1 Å². The number of anilines is 2. The molecule has 0 radical (unpaired) electrons. The van der Waals surface area contributed by atoms with Crippen molar-refractivity contribution in [3.8, 4) is 0 Å². The molecule has 11 heteroatoms. The lowest BCUT2D eigenvalue weighted by Crippen LogP contribution is -2.30. The number of ether oxygens (including phenoxy) is 1. The number of aliphatic hydroxyl groups is 1. The van der Waals surface area contributed by atoms with Crippen molar-refractivity contribution in [3.63, 3.8) is 0 Å². The fraction of sp³-hybridized carbons (Fsp3) is 0.278. The van der Waals surface area contributed by atoms with Gasteiger partial charge in [0.1, 0.15) is 12.4 Å². The molecule has 1 amide bonds. The summed E-state index contributed by atoms with van der Waals surface area (Å²) in [6, 6.07) is 4.36. The van der Waals surface area contributed by atoms with E-state index in [2.05, 4.69) is 5.32 Å². The average Bonchev–Trinajstić information content (AvgIpc) is 2.69. The van der Waals surface area contributed by atoms with Gasteiger partial charge in [0.05, 0.1) is 23.0 Å². The second-order valence-corrected chi connectivity index (χ2v) is 7.02. The van der Waals surface area contributed by atoms with Crippen molar-refractivity contribution in [3.05, 3.63) is 56.7 Å². The number of carbonyl (C=O) groups excluding carboxylic acids is 1. The predicted molar refractivity (Wildman–Crippen MR) is 105 cm³/mol. The minimum atomic E-state index is -1.82. The molecule has 0 heterocycles. The van der Waals surface area contributed by atoms with Crippen LogP contribution in [0, 0.1) is 26.8 Å². The molecular formula is C18H17F4IN2O4. The van der Waals surface area contributed by atoms with E-state index >= 15 is 0 Å². The Morgan fingerprint density at radius 1 is 1.17 bits per heavy atom. The van der Waals surface area contributed by atoms with Crippen LogP contribution in [-0.2, 0) is 9.57 Å². The summed E-state index contributed by atoms with van der Waals surface area (Å²) < 4.78 is 61.3. The number of rotatable bonds is 9. The van der Waals surface area contributed by atoms with Gasteiger partial charge < -0.3 is 15.2 Å². The number of aliphatic hydroxyl groups excluding tert-OH is 1. The largest absolute Gasteiger partial charge is 0.396 e. The molecule has 158 valence electrons. The summed E-state index contributed by atoms with van der Waals surface area (Å²) >= 11 is 1.86. The van der Waals surface area contributed by atoms with E-state index in [0.29, 0.717) is 9.64 Å². The van der Waals surface area contributed by atoms with Crippen LogP contribution in [0.25, 0.3) is 0 Å². The van der Waals surface area contributed by atoms with Crippen LogP contribution in [0.2, 0.25) is 0 Å². The van der Waals surface area contributed by atoms with Gasteiger partial charge in [-0.05, 0) is 53.3 Å². The van der Waals surface area contributed by atoms with E-state index in [9.17, 15) is 22.4 Å². The van der Waals surface area contributed by atoms with Gasteiger partial charge in [-0.2, -0.15) is 0 Å². The molecule has 2 aromatic carbocycles. The topological polar surface area (TPSA) is 79.8 Å². The van der Waals surface area contributed by atoms with Crippen LogP contribution >= 0.6 is 22.6 Å². The molecular weight excluding hydrogens is 511 g/mol. The lowest BCUT2D eigenvalue weighted by molar-refractivity contribution is -0.0355. The first kappa shape index (κ1) is 23.3. The molecule has 1 atom stereocenters. The van der Waals surface area contributed by atoms with Gasteiger partial charge in [0.15, 0.2) is 17.5 Å². The molecule has 6 nitrogen and oxygen atoms in total. The SMILES string of the molecule is COC(CCO)CONC(=O)c1cc(F)c(F)c(F)c1Nc1ccc(I)cc1F. The van der Waals surface area contributed by atoms with Crippen molar-refractivity contribution in [1.82, 2.24) is 5.48 Å². The maximum atomic E-state index is 14.3. The summed E-state index contributed by atoms with van der Waals surface area (Å²) in [5, 5.41) is 11.2. The third kappa shape index (κ3) is 6.01. The van der Waals surface area contributed by atoms with Gasteiger partial charge in [-0.1, -0.05) is 0 Å². The average molecular weight is 528 g/mol. The number of nitrogens with one attached hydrogen (secondary N) is 2. The van der Waals surface area contributed by atoms with Gasteiger partial charge in [-0.15, -0.1) is 0 Å². The van der Waals surface area contributed by atoms with Crippen molar-refractivity contribution in [2.45, 2.75) is 12.5 Å². The lowest BCUT2D eigenvalue weighted by Gasteiger charge is -2.16. The number of carbonyl (C=O) groups is 1. The smallest absolute Gasteiger partial charge is 0.277 e. The van der Waals surface area contributed by atoms with Crippen LogP contribution in [-0.4, -0.2) is 37.4 Å². The van der Waals surface area contributed by atoms with Crippen LogP contribution < -0.4 is 10.8 Å². The second-order valence-electron chi connectivity index (χ2n) is 5.77. The molecule has 0 aromatic heterocycles. The quantitative estimate of drug-likeness (QED) is 0.201. The Balaban J connectivity index is 2.27. The minimum Gasteiger partial charge on any atom is -0.396 e. The van der Waals surface area contributed by atoms with Crippen LogP contribution in [0.4, 0.5) is 28.9 Å². The van der Waals surface area contributed by atoms with Crippen LogP contribution in [0.5, 0.6) is 0 Å². The highest BCUT2D eigenvalue weighted by atomic mass is 127. The van der Waals surface area contributed by atoms with Crippen molar-refractivity contribution >= 4 is 39.9 Å². The number of halogens is 5. The number of hydrogen-bond donors (Lipinski definition) is 3. The maximum absolute atomic E-state index is 14.3. The predicted octanol–water partition coefficient (Wildman–Crippen LogP) is 3.65. The summed E-state index contributed by atoms with van der Waals surface area (Å²) in [6.07, 6.45) is -0.314. The van der Waals surface area contributed by atoms with Crippen LogP contribution in [0.1, 0.15) is 16.8 Å². The summed E-state index contributed by atoms with van der Waals surface area (Å²) in [4.78, 5) is 17.3. The summed E-state index contributed by atoms with van der Waals surface area (Å²) in [5.74, 6) is -7.00. The van der Waals surface area contributed by atoms with Crippen molar-refractivity contribution < 1.29 is 37.0 Å². The van der Waals surface area contributed by atoms with Gasteiger partial charge in [0, 0.05) is 17.3 Å². The summed E-state index contributed by atoms with van der Waals surface area (Å²) in [5.41, 5.74) is 0.308. The highest BCUT2D eigenvalue weighted by molar-refractivity contribution is 14.1. The van der Waals surface area contributed by atoms with Gasteiger partial charge in [0.25, 0.3) is 5.91 Å². The molecule has 0 bridgehead atoms. The number of hydroxylamine groups is 1. The van der Waals surface area contributed by atoms with Crippen molar-refractivity contribution in [2.24, 2.45) is 0 Å². The molecule has 2 aromatic rings. The Morgan fingerprint density at radius 3 is 2.52 bits per heavy atom. The Bertz CT molecular complexity index is 885. The molecule has 3 N–H and O–H groups in total. The van der Waals surface area contributed by atoms with E-state index in [4.69, 9.17) is 14.7 Å². The molecule has 0 aliphatic heterocycles. The fourth-order valence-electron chi connectivity index (χ4n) is 2.29. The molecule has 0 aliphatic rings. The molecule has 29 heavy (non-hydrogen) atoms. The molecule has 0 aliphatic carbocycles. The molecule has 0 spiro atoms. The first-order valence-electron chi connectivity index (χ1n) is 8.23. The van der Waals surface area contributed by atoms with Gasteiger partial charge in [0.2, 0.25) is 0 Å². The standard InChI is InChI=1S/C18H17F4IN2O4/c1-28-10(4-5-26)8-29-25-18(27)11-7-13(20)15(21)16(22)17(11)24-14-3-2-9(23)6-12(14)19/h2-3,6-7,10,24,26H,4-5,8H2,1H3,(H,25,27). The third-order valence-electron chi connectivity index (χ3n) is 3.82. The van der Waals surface area contributed by atoms with E-state index in [1.54, 1.807) is 0 Å². The fourth-order valence-corrected chi connectivity index (χ4v) is 2.74. The van der Waals surface area contributed by atoms with E-state index in [-0.39, 0.29) is 25.3 Å². The van der Waals surface area contributed by atoms with Gasteiger partial charge in [-0.25, -0.2) is 23.0 Å². The highest BCUT2D eigenvalue weighted by Gasteiger charge is 2.24. The molecule has 0 saturated heterocycles. The molecule has 2 rings (SSSR count). The number of amides is 1. The van der Waals surface area contributed by atoms with Crippen LogP contribution in [0.3, 0.4) is 0 Å². The monoisotopic (exact) mass is 528 g/mol. The minimum absolute atomic E-state index is 0.163. The first-order chi connectivity index (χ1) is 13.8. The third-order valence-corrected chi connectivity index (χ3v) is 4.49. The van der Waals surface area contributed by atoms with Gasteiger partial charge in [-0.3, -0.25) is 9.63 Å². The number of methoxy groups -OCH3 is 1. The number of hydrogen-bond acceptors (Lipinski definition) is 5. The van der Waals surface area contributed by atoms with E-state index in [0.717, 1.165) is 6.07 Å². The Hall–Kier alpha value is -1.96. The molecule has 0 saturated carbocycles. The zero-order valence-corrected chi connectivity index (χ0v) is 17.2. The van der Waals surface area contributed by atoms with E-state index in [1.165, 1.54) is 19.2 Å². The normalized spacial score (nSPS) is 12.0. The highest BCUT2D eigenvalue weighted by Crippen LogP contribution is 2.30. The Labute approximate surface area is 177 Å². The zero-order chi connectivity index (χ0) is 21.6. The van der Waals surface area contributed by atoms with Gasteiger partial charge >= 0.3 is 0 Å². The molecule has 0 fully saturated rings. The first-order valence-corrected chi connectivity index (χ1v) is 9.31. The lowest BCUT2D eigenvalue weighted by atomic mass is 10.1. The summed E-state index contributed by atoms with van der Waals surface area (Å²) in [7, 11) is 1.37. The Kier molecular flexibility index (Phi) is 8.61. The maximum Gasteiger partial charge on any atom is 0.277 e.